The van der Waals surface area contributed by atoms with Crippen molar-refractivity contribution in [1.29, 1.82) is 0 Å². The Bertz CT molecular complexity index is 186. The maximum absolute atomic E-state index is 2.42. The average Bonchev–Trinajstić information content (AvgIpc) is 2.03. The number of allylic oxidation sites excluding steroid dienone is 2. The van der Waals surface area contributed by atoms with Gasteiger partial charge in [0, 0.05) is 0 Å². The summed E-state index contributed by atoms with van der Waals surface area (Å²) in [5.74, 6) is 0.878. The molecule has 0 aromatic heterocycles. The molecule has 0 nitrogen and oxygen atoms in total. The van der Waals surface area contributed by atoms with Gasteiger partial charge >= 0.3 is 0 Å². The zero-order valence-electron chi connectivity index (χ0n) is 9.69. The van der Waals surface area contributed by atoms with Crippen LogP contribution in [0.3, 0.4) is 0 Å². The average molecular weight is 180 g/mol. The summed E-state index contributed by atoms with van der Waals surface area (Å²) in [6.07, 6.45) is 9.27. The van der Waals surface area contributed by atoms with Crippen molar-refractivity contribution in [2.24, 2.45) is 11.3 Å². The van der Waals surface area contributed by atoms with Crippen molar-refractivity contribution in [3.05, 3.63) is 11.6 Å². The van der Waals surface area contributed by atoms with E-state index in [2.05, 4.69) is 33.8 Å². The minimum atomic E-state index is 0.589. The molecule has 1 rings (SSSR count). The fourth-order valence-electron chi connectivity index (χ4n) is 2.58. The maximum Gasteiger partial charge on any atom is -0.0201 e. The highest BCUT2D eigenvalue weighted by Crippen LogP contribution is 2.41. The quantitative estimate of drug-likeness (QED) is 0.546. The molecule has 1 aliphatic rings. The highest BCUT2D eigenvalue weighted by molar-refractivity contribution is 5.05. The van der Waals surface area contributed by atoms with Gasteiger partial charge in [-0.15, -0.1) is 0 Å². The van der Waals surface area contributed by atoms with E-state index in [1.165, 1.54) is 32.1 Å². The maximum atomic E-state index is 2.42. The Labute approximate surface area is 83.4 Å². The van der Waals surface area contributed by atoms with Crippen LogP contribution in [-0.2, 0) is 0 Å². The van der Waals surface area contributed by atoms with Crippen molar-refractivity contribution in [3.63, 3.8) is 0 Å². The SMILES string of the molecule is CC/C=C(\C)C1CCCC(C)(C)C1. The summed E-state index contributed by atoms with van der Waals surface area (Å²) in [6, 6.07) is 0. The minimum absolute atomic E-state index is 0.589. The van der Waals surface area contributed by atoms with E-state index in [0.29, 0.717) is 5.41 Å². The lowest BCUT2D eigenvalue weighted by Crippen LogP contribution is -2.23. The fourth-order valence-corrected chi connectivity index (χ4v) is 2.58. The van der Waals surface area contributed by atoms with E-state index in [1.807, 2.05) is 0 Å². The third-order valence-electron chi connectivity index (χ3n) is 3.38. The lowest BCUT2D eigenvalue weighted by molar-refractivity contribution is 0.200. The molecule has 0 heteroatoms. The first-order chi connectivity index (χ1) is 6.05. The van der Waals surface area contributed by atoms with Gasteiger partial charge in [-0.25, -0.2) is 0 Å². The van der Waals surface area contributed by atoms with Crippen LogP contribution in [0.2, 0.25) is 0 Å². The van der Waals surface area contributed by atoms with Gasteiger partial charge in [-0.3, -0.25) is 0 Å². The van der Waals surface area contributed by atoms with Gasteiger partial charge in [0.1, 0.15) is 0 Å². The fraction of sp³-hybridized carbons (Fsp3) is 0.846. The molecule has 1 atom stereocenters. The molecule has 0 aromatic rings. The van der Waals surface area contributed by atoms with Crippen LogP contribution in [0.5, 0.6) is 0 Å². The highest BCUT2D eigenvalue weighted by atomic mass is 14.3. The van der Waals surface area contributed by atoms with Gasteiger partial charge in [-0.05, 0) is 43.9 Å². The van der Waals surface area contributed by atoms with Crippen LogP contribution >= 0.6 is 0 Å². The zero-order valence-corrected chi connectivity index (χ0v) is 9.69. The summed E-state index contributed by atoms with van der Waals surface area (Å²) >= 11 is 0. The van der Waals surface area contributed by atoms with Crippen molar-refractivity contribution in [3.8, 4) is 0 Å². The molecule has 0 heterocycles. The number of rotatable bonds is 2. The summed E-state index contributed by atoms with van der Waals surface area (Å²) in [5, 5.41) is 0. The first-order valence-corrected chi connectivity index (χ1v) is 5.72. The molecular formula is C13H24. The molecule has 1 unspecified atom stereocenters. The van der Waals surface area contributed by atoms with E-state index in [1.54, 1.807) is 5.57 Å². The standard InChI is InChI=1S/C13H24/c1-5-7-11(2)12-8-6-9-13(3,4)10-12/h7,12H,5-6,8-10H2,1-4H3/b11-7+. The molecule has 13 heavy (non-hydrogen) atoms. The summed E-state index contributed by atoms with van der Waals surface area (Å²) in [7, 11) is 0. The Morgan fingerprint density at radius 3 is 2.69 bits per heavy atom. The molecule has 0 aromatic carbocycles. The van der Waals surface area contributed by atoms with Crippen molar-refractivity contribution in [2.45, 2.75) is 59.8 Å². The Morgan fingerprint density at radius 1 is 1.46 bits per heavy atom. The van der Waals surface area contributed by atoms with E-state index < -0.39 is 0 Å². The third kappa shape index (κ3) is 3.17. The van der Waals surface area contributed by atoms with Gasteiger partial charge in [0.25, 0.3) is 0 Å². The molecule has 76 valence electrons. The molecule has 0 spiro atoms. The minimum Gasteiger partial charge on any atom is -0.0856 e. The second kappa shape index (κ2) is 4.30. The van der Waals surface area contributed by atoms with Crippen LogP contribution in [0.15, 0.2) is 11.6 Å². The Balaban J connectivity index is 2.56. The Hall–Kier alpha value is -0.260. The van der Waals surface area contributed by atoms with Gasteiger partial charge in [0.2, 0.25) is 0 Å². The first kappa shape index (κ1) is 10.8. The van der Waals surface area contributed by atoms with E-state index in [4.69, 9.17) is 0 Å². The van der Waals surface area contributed by atoms with Crippen molar-refractivity contribution >= 4 is 0 Å². The summed E-state index contributed by atoms with van der Waals surface area (Å²) in [6.45, 7) is 9.38. The van der Waals surface area contributed by atoms with Crippen LogP contribution in [0.25, 0.3) is 0 Å². The molecule has 0 radical (unpaired) electrons. The molecule has 0 aliphatic heterocycles. The van der Waals surface area contributed by atoms with Gasteiger partial charge in [0.15, 0.2) is 0 Å². The smallest absolute Gasteiger partial charge is 0.0201 e. The molecule has 0 N–H and O–H groups in total. The highest BCUT2D eigenvalue weighted by Gasteiger charge is 2.28. The normalized spacial score (nSPS) is 28.9. The second-order valence-electron chi connectivity index (χ2n) is 5.31. The van der Waals surface area contributed by atoms with Crippen molar-refractivity contribution in [1.82, 2.24) is 0 Å². The monoisotopic (exact) mass is 180 g/mol. The van der Waals surface area contributed by atoms with E-state index >= 15 is 0 Å². The molecule has 0 amide bonds. The van der Waals surface area contributed by atoms with Crippen LogP contribution in [-0.4, -0.2) is 0 Å². The predicted molar refractivity (Wildman–Crippen MR) is 59.8 cm³/mol. The van der Waals surface area contributed by atoms with Crippen molar-refractivity contribution < 1.29 is 0 Å². The first-order valence-electron chi connectivity index (χ1n) is 5.72. The topological polar surface area (TPSA) is 0 Å². The van der Waals surface area contributed by atoms with Crippen LogP contribution in [0, 0.1) is 11.3 Å². The molecule has 1 fully saturated rings. The second-order valence-corrected chi connectivity index (χ2v) is 5.31. The van der Waals surface area contributed by atoms with Crippen LogP contribution < -0.4 is 0 Å². The number of hydrogen-bond acceptors (Lipinski definition) is 0. The van der Waals surface area contributed by atoms with Crippen LogP contribution in [0.4, 0.5) is 0 Å². The van der Waals surface area contributed by atoms with Gasteiger partial charge in [-0.1, -0.05) is 38.8 Å². The summed E-state index contributed by atoms with van der Waals surface area (Å²) in [5.41, 5.74) is 2.22. The number of hydrogen-bond donors (Lipinski definition) is 0. The van der Waals surface area contributed by atoms with Gasteiger partial charge in [0.05, 0.1) is 0 Å². The summed E-state index contributed by atoms with van der Waals surface area (Å²) in [4.78, 5) is 0. The molecule has 1 saturated carbocycles. The molecule has 1 aliphatic carbocycles. The molecule has 0 saturated heterocycles. The zero-order chi connectivity index (χ0) is 9.90. The van der Waals surface area contributed by atoms with E-state index in [9.17, 15) is 0 Å². The predicted octanol–water partition coefficient (Wildman–Crippen LogP) is 4.56. The lowest BCUT2D eigenvalue weighted by atomic mass is 9.70. The molecule has 0 bridgehead atoms. The lowest BCUT2D eigenvalue weighted by Gasteiger charge is -2.35. The van der Waals surface area contributed by atoms with E-state index in [0.717, 1.165) is 5.92 Å². The van der Waals surface area contributed by atoms with Crippen molar-refractivity contribution in [2.75, 3.05) is 0 Å². The Kier molecular flexibility index (Phi) is 3.58. The van der Waals surface area contributed by atoms with Gasteiger partial charge < -0.3 is 0 Å². The Morgan fingerprint density at radius 2 is 2.15 bits per heavy atom. The third-order valence-corrected chi connectivity index (χ3v) is 3.38. The van der Waals surface area contributed by atoms with Crippen LogP contribution in [0.1, 0.15) is 59.8 Å². The summed E-state index contributed by atoms with van der Waals surface area (Å²) < 4.78 is 0. The van der Waals surface area contributed by atoms with E-state index in [-0.39, 0.29) is 0 Å². The van der Waals surface area contributed by atoms with Gasteiger partial charge in [-0.2, -0.15) is 0 Å². The largest absolute Gasteiger partial charge is 0.0856 e. The molecular weight excluding hydrogens is 156 g/mol.